The zero-order valence-corrected chi connectivity index (χ0v) is 18.4. The number of nitrogens with zero attached hydrogens (tertiary/aromatic N) is 1. The summed E-state index contributed by atoms with van der Waals surface area (Å²) >= 11 is 0. The number of rotatable bonds is 6. The Labute approximate surface area is 186 Å². The van der Waals surface area contributed by atoms with Crippen molar-refractivity contribution in [3.05, 3.63) is 53.8 Å². The molecule has 2 aromatic rings. The Bertz CT molecular complexity index is 954. The van der Waals surface area contributed by atoms with Crippen LogP contribution in [-0.2, 0) is 0 Å². The highest BCUT2D eigenvalue weighted by Gasteiger charge is 2.33. The molecule has 0 spiro atoms. The van der Waals surface area contributed by atoms with Crippen molar-refractivity contribution in [2.45, 2.75) is 26.0 Å². The van der Waals surface area contributed by atoms with Crippen molar-refractivity contribution in [1.82, 2.24) is 10.2 Å². The van der Waals surface area contributed by atoms with E-state index in [0.717, 1.165) is 0 Å². The van der Waals surface area contributed by atoms with Crippen molar-refractivity contribution >= 4 is 23.3 Å². The van der Waals surface area contributed by atoms with Crippen molar-refractivity contribution in [3.63, 3.8) is 0 Å². The summed E-state index contributed by atoms with van der Waals surface area (Å²) in [4.78, 5) is 27.5. The van der Waals surface area contributed by atoms with Crippen LogP contribution in [0.25, 0.3) is 0 Å². The van der Waals surface area contributed by atoms with Gasteiger partial charge in [0, 0.05) is 24.7 Å². The number of urea groups is 1. The number of likely N-dealkylation sites (N-methyl/N-ethyl adjacent to an activating group) is 1. The summed E-state index contributed by atoms with van der Waals surface area (Å²) < 4.78 is 19.4. The molecule has 0 unspecified atom stereocenters. The van der Waals surface area contributed by atoms with Crippen LogP contribution in [0.5, 0.6) is 5.75 Å². The van der Waals surface area contributed by atoms with E-state index in [-0.39, 0.29) is 36.3 Å². The Morgan fingerprint density at radius 2 is 1.97 bits per heavy atom. The van der Waals surface area contributed by atoms with Crippen LogP contribution in [0.3, 0.4) is 0 Å². The standard InChI is InChI=1S/C23H29FN4O4/c1-14-12-28(15(2)13-29)22(30)18-5-4-6-19(21(18)32-20(14)11-25-3)27-23(31)26-17-9-7-16(24)8-10-17/h4-10,14-15,20,25,29H,11-13H2,1-3H3,(H2,26,27,31)/t14-,15-,20+/m1/s1. The second-order valence-corrected chi connectivity index (χ2v) is 7.95. The van der Waals surface area contributed by atoms with Crippen LogP contribution in [0.15, 0.2) is 42.5 Å². The fraction of sp³-hybridized carbons (Fsp3) is 0.391. The van der Waals surface area contributed by atoms with Gasteiger partial charge in [-0.15, -0.1) is 0 Å². The lowest BCUT2D eigenvalue weighted by Crippen LogP contribution is -2.49. The van der Waals surface area contributed by atoms with Gasteiger partial charge in [-0.3, -0.25) is 4.79 Å². The van der Waals surface area contributed by atoms with E-state index in [1.165, 1.54) is 24.3 Å². The average molecular weight is 445 g/mol. The highest BCUT2D eigenvalue weighted by Crippen LogP contribution is 2.34. The second kappa shape index (κ2) is 10.4. The van der Waals surface area contributed by atoms with Gasteiger partial charge in [0.05, 0.1) is 23.9 Å². The summed E-state index contributed by atoms with van der Waals surface area (Å²) in [5, 5.41) is 18.1. The van der Waals surface area contributed by atoms with Crippen molar-refractivity contribution in [2.75, 3.05) is 37.4 Å². The summed E-state index contributed by atoms with van der Waals surface area (Å²) in [7, 11) is 1.81. The Morgan fingerprint density at radius 3 is 2.62 bits per heavy atom. The van der Waals surface area contributed by atoms with Crippen LogP contribution < -0.4 is 20.7 Å². The number of aliphatic hydroxyl groups excluding tert-OH is 1. The third-order valence-electron chi connectivity index (χ3n) is 5.45. The number of fused-ring (bicyclic) bond motifs is 1. The molecule has 0 saturated heterocycles. The first-order chi connectivity index (χ1) is 15.3. The van der Waals surface area contributed by atoms with Gasteiger partial charge in [-0.2, -0.15) is 0 Å². The maximum Gasteiger partial charge on any atom is 0.323 e. The maximum atomic E-state index is 13.3. The minimum atomic E-state index is -0.554. The predicted octanol–water partition coefficient (Wildman–Crippen LogP) is 2.91. The van der Waals surface area contributed by atoms with Gasteiger partial charge in [-0.05, 0) is 50.4 Å². The van der Waals surface area contributed by atoms with Gasteiger partial charge in [0.25, 0.3) is 5.91 Å². The van der Waals surface area contributed by atoms with Crippen LogP contribution >= 0.6 is 0 Å². The zero-order valence-electron chi connectivity index (χ0n) is 18.4. The monoisotopic (exact) mass is 444 g/mol. The van der Waals surface area contributed by atoms with Crippen molar-refractivity contribution in [2.24, 2.45) is 5.92 Å². The molecule has 4 N–H and O–H groups in total. The number of aliphatic hydroxyl groups is 1. The minimum Gasteiger partial charge on any atom is -0.486 e. The predicted molar refractivity (Wildman–Crippen MR) is 121 cm³/mol. The molecule has 9 heteroatoms. The molecule has 0 aromatic heterocycles. The number of hydrogen-bond acceptors (Lipinski definition) is 5. The van der Waals surface area contributed by atoms with E-state index in [1.54, 1.807) is 30.0 Å². The molecule has 1 heterocycles. The topological polar surface area (TPSA) is 103 Å². The van der Waals surface area contributed by atoms with Crippen LogP contribution in [0.2, 0.25) is 0 Å². The highest BCUT2D eigenvalue weighted by atomic mass is 19.1. The summed E-state index contributed by atoms with van der Waals surface area (Å²) in [5.74, 6) is -0.444. The molecular weight excluding hydrogens is 415 g/mol. The van der Waals surface area contributed by atoms with E-state index < -0.39 is 11.8 Å². The largest absolute Gasteiger partial charge is 0.486 e. The average Bonchev–Trinajstić information content (AvgIpc) is 2.77. The quantitative estimate of drug-likeness (QED) is 0.549. The summed E-state index contributed by atoms with van der Waals surface area (Å²) in [6, 6.07) is 9.42. The van der Waals surface area contributed by atoms with Crippen molar-refractivity contribution < 1.29 is 23.8 Å². The Hall–Kier alpha value is -3.17. The first-order valence-electron chi connectivity index (χ1n) is 10.5. The van der Waals surface area contributed by atoms with Gasteiger partial charge < -0.3 is 30.7 Å². The number of amides is 3. The summed E-state index contributed by atoms with van der Waals surface area (Å²) in [6.07, 6.45) is -0.275. The third kappa shape index (κ3) is 5.35. The van der Waals surface area contributed by atoms with Gasteiger partial charge in [0.15, 0.2) is 5.75 Å². The molecule has 0 saturated carbocycles. The van der Waals surface area contributed by atoms with E-state index in [2.05, 4.69) is 16.0 Å². The SMILES string of the molecule is CNC[C@@H]1Oc2c(NC(=O)Nc3ccc(F)cc3)cccc2C(=O)N([C@H](C)CO)C[C@H]1C. The van der Waals surface area contributed by atoms with E-state index in [9.17, 15) is 19.1 Å². The smallest absolute Gasteiger partial charge is 0.323 e. The maximum absolute atomic E-state index is 13.3. The molecule has 0 fully saturated rings. The van der Waals surface area contributed by atoms with Gasteiger partial charge >= 0.3 is 6.03 Å². The molecular formula is C23H29FN4O4. The lowest BCUT2D eigenvalue weighted by atomic mass is 9.99. The van der Waals surface area contributed by atoms with Gasteiger partial charge in [0.1, 0.15) is 11.9 Å². The molecule has 3 atom stereocenters. The first kappa shape index (κ1) is 23.5. The number of benzene rings is 2. The number of hydrogen-bond donors (Lipinski definition) is 4. The van der Waals surface area contributed by atoms with Gasteiger partial charge in [-0.1, -0.05) is 13.0 Å². The van der Waals surface area contributed by atoms with Crippen LogP contribution in [-0.4, -0.2) is 60.8 Å². The van der Waals surface area contributed by atoms with Crippen LogP contribution in [0.4, 0.5) is 20.6 Å². The fourth-order valence-corrected chi connectivity index (χ4v) is 3.60. The number of ether oxygens (including phenoxy) is 1. The number of para-hydroxylation sites is 1. The fourth-order valence-electron chi connectivity index (χ4n) is 3.60. The van der Waals surface area contributed by atoms with E-state index in [0.29, 0.717) is 30.0 Å². The molecule has 0 bridgehead atoms. The Kier molecular flexibility index (Phi) is 7.66. The molecule has 1 aliphatic rings. The van der Waals surface area contributed by atoms with Crippen LogP contribution in [0.1, 0.15) is 24.2 Å². The highest BCUT2D eigenvalue weighted by molar-refractivity contribution is 6.04. The molecule has 1 aliphatic heterocycles. The van der Waals surface area contributed by atoms with E-state index >= 15 is 0 Å². The van der Waals surface area contributed by atoms with Crippen LogP contribution in [0, 0.1) is 11.7 Å². The van der Waals surface area contributed by atoms with Crippen molar-refractivity contribution in [3.8, 4) is 5.75 Å². The Balaban J connectivity index is 1.93. The number of carbonyl (C=O) groups is 2. The minimum absolute atomic E-state index is 0.0327. The number of nitrogens with one attached hydrogen (secondary N) is 3. The number of carbonyl (C=O) groups excluding carboxylic acids is 2. The molecule has 2 aromatic carbocycles. The van der Waals surface area contributed by atoms with Gasteiger partial charge in [0.2, 0.25) is 0 Å². The van der Waals surface area contributed by atoms with Gasteiger partial charge in [-0.25, -0.2) is 9.18 Å². The molecule has 0 radical (unpaired) electrons. The molecule has 3 rings (SSSR count). The Morgan fingerprint density at radius 1 is 1.25 bits per heavy atom. The normalized spacial score (nSPS) is 19.3. The summed E-state index contributed by atoms with van der Waals surface area (Å²) in [5.41, 5.74) is 1.06. The summed E-state index contributed by atoms with van der Waals surface area (Å²) in [6.45, 7) is 4.57. The molecule has 32 heavy (non-hydrogen) atoms. The lowest BCUT2D eigenvalue weighted by molar-refractivity contribution is 0.0417. The molecule has 172 valence electrons. The molecule has 3 amide bonds. The van der Waals surface area contributed by atoms with E-state index in [4.69, 9.17) is 4.74 Å². The van der Waals surface area contributed by atoms with Crippen molar-refractivity contribution in [1.29, 1.82) is 0 Å². The zero-order chi connectivity index (χ0) is 23.3. The number of anilines is 2. The molecule has 0 aliphatic carbocycles. The molecule has 8 nitrogen and oxygen atoms in total. The second-order valence-electron chi connectivity index (χ2n) is 7.95. The van der Waals surface area contributed by atoms with E-state index in [1.807, 2.05) is 14.0 Å². The third-order valence-corrected chi connectivity index (χ3v) is 5.45. The first-order valence-corrected chi connectivity index (χ1v) is 10.5. The number of halogens is 1. The lowest BCUT2D eigenvalue weighted by Gasteiger charge is -2.37.